The molecule has 0 aromatic heterocycles. The largest absolute Gasteiger partial charge is 0.354 e. The Labute approximate surface area is 261 Å². The molecule has 0 bridgehead atoms. The van der Waals surface area contributed by atoms with Crippen LogP contribution in [-0.2, 0) is 32.6 Å². The van der Waals surface area contributed by atoms with Gasteiger partial charge < -0.3 is 10.2 Å². The van der Waals surface area contributed by atoms with Gasteiger partial charge in [0.2, 0.25) is 11.8 Å². The van der Waals surface area contributed by atoms with Crippen LogP contribution in [-0.4, -0.2) is 44.3 Å². The average molecular weight is 612 g/mol. The number of sulfonamides is 1. The Morgan fingerprint density at radius 1 is 0.818 bits per heavy atom. The van der Waals surface area contributed by atoms with E-state index in [2.05, 4.69) is 12.2 Å². The zero-order valence-electron chi connectivity index (χ0n) is 25.6. The van der Waals surface area contributed by atoms with Gasteiger partial charge in [-0.25, -0.2) is 8.42 Å². The lowest BCUT2D eigenvalue weighted by molar-refractivity contribution is -0.140. The van der Waals surface area contributed by atoms with Crippen LogP contribution in [0.2, 0.25) is 0 Å². The predicted octanol–water partition coefficient (Wildman–Crippen LogP) is 6.06. The Morgan fingerprint density at radius 2 is 1.48 bits per heavy atom. The van der Waals surface area contributed by atoms with E-state index in [9.17, 15) is 18.0 Å². The Hall–Kier alpha value is -4.43. The molecule has 1 N–H and O–H groups in total. The number of aryl methyl sites for hydroxylation is 2. The highest BCUT2D eigenvalue weighted by atomic mass is 32.2. The summed E-state index contributed by atoms with van der Waals surface area (Å²) in [5, 5.41) is 3.02. The van der Waals surface area contributed by atoms with Crippen molar-refractivity contribution < 1.29 is 18.0 Å². The van der Waals surface area contributed by atoms with Gasteiger partial charge in [0.05, 0.1) is 10.6 Å². The lowest BCUT2D eigenvalue weighted by atomic mass is 10.0. The fourth-order valence-corrected chi connectivity index (χ4v) is 6.49. The summed E-state index contributed by atoms with van der Waals surface area (Å²) in [4.78, 5) is 30.0. The van der Waals surface area contributed by atoms with E-state index in [4.69, 9.17) is 0 Å². The summed E-state index contributed by atoms with van der Waals surface area (Å²) in [6, 6.07) is 31.6. The molecule has 0 aliphatic heterocycles. The molecule has 0 aliphatic rings. The first-order valence-electron chi connectivity index (χ1n) is 15.0. The smallest absolute Gasteiger partial charge is 0.264 e. The molecule has 1 atom stereocenters. The van der Waals surface area contributed by atoms with Gasteiger partial charge in [-0.05, 0) is 66.8 Å². The lowest BCUT2D eigenvalue weighted by Crippen LogP contribution is -2.53. The van der Waals surface area contributed by atoms with Crippen LogP contribution in [0.3, 0.4) is 0 Å². The number of anilines is 1. The molecule has 0 spiro atoms. The maximum absolute atomic E-state index is 14.5. The molecule has 0 fully saturated rings. The van der Waals surface area contributed by atoms with Gasteiger partial charge in [-0.2, -0.15) is 0 Å². The van der Waals surface area contributed by atoms with E-state index in [-0.39, 0.29) is 23.8 Å². The number of hydrogen-bond donors (Lipinski definition) is 1. The Bertz CT molecular complexity index is 1640. The Kier molecular flexibility index (Phi) is 11.3. The van der Waals surface area contributed by atoms with Crippen LogP contribution in [0.1, 0.15) is 42.0 Å². The van der Waals surface area contributed by atoms with E-state index < -0.39 is 28.5 Å². The summed E-state index contributed by atoms with van der Waals surface area (Å²) < 4.78 is 29.3. The summed E-state index contributed by atoms with van der Waals surface area (Å²) in [5.74, 6) is -0.738. The van der Waals surface area contributed by atoms with Crippen molar-refractivity contribution in [3.63, 3.8) is 0 Å². The van der Waals surface area contributed by atoms with Gasteiger partial charge in [-0.1, -0.05) is 98.3 Å². The van der Waals surface area contributed by atoms with Gasteiger partial charge in [-0.3, -0.25) is 13.9 Å². The van der Waals surface area contributed by atoms with Crippen molar-refractivity contribution in [3.8, 4) is 0 Å². The maximum Gasteiger partial charge on any atom is 0.264 e. The topological polar surface area (TPSA) is 86.8 Å². The van der Waals surface area contributed by atoms with Gasteiger partial charge in [0.25, 0.3) is 10.0 Å². The molecule has 4 rings (SSSR count). The first-order valence-corrected chi connectivity index (χ1v) is 16.4. The molecule has 44 heavy (non-hydrogen) atoms. The number of carbonyl (C=O) groups is 2. The zero-order chi connectivity index (χ0) is 31.5. The molecule has 0 aliphatic carbocycles. The molecule has 0 saturated heterocycles. The highest BCUT2D eigenvalue weighted by molar-refractivity contribution is 7.92. The van der Waals surface area contributed by atoms with E-state index in [1.807, 2.05) is 74.5 Å². The molecular formula is C36H41N3O4S. The van der Waals surface area contributed by atoms with E-state index in [0.29, 0.717) is 12.2 Å². The molecular weight excluding hydrogens is 570 g/mol. The average Bonchev–Trinajstić information content (AvgIpc) is 3.03. The molecule has 2 amide bonds. The Balaban J connectivity index is 1.79. The standard InChI is InChI=1S/C36H41N3O4S/c1-4-5-23-37-36(41)34(25-30-17-8-6-9-18-30)38(26-31-19-13-12-16-29(31)3)35(40)27-39(32-20-14-15-28(2)24-32)44(42,43)33-21-10-7-11-22-33/h6-22,24,34H,4-5,23,25-27H2,1-3H3,(H,37,41)/t34-/m0/s1. The van der Waals surface area contributed by atoms with E-state index in [1.165, 1.54) is 12.1 Å². The summed E-state index contributed by atoms with van der Waals surface area (Å²) >= 11 is 0. The van der Waals surface area contributed by atoms with Gasteiger partial charge in [0.1, 0.15) is 12.6 Å². The number of benzene rings is 4. The van der Waals surface area contributed by atoms with Crippen LogP contribution in [0.5, 0.6) is 0 Å². The minimum atomic E-state index is -4.12. The summed E-state index contributed by atoms with van der Waals surface area (Å²) in [6.45, 7) is 6.06. The molecule has 0 unspecified atom stereocenters. The number of hydrogen-bond acceptors (Lipinski definition) is 4. The third-order valence-electron chi connectivity index (χ3n) is 7.60. The van der Waals surface area contributed by atoms with Crippen molar-refractivity contribution in [3.05, 3.63) is 131 Å². The van der Waals surface area contributed by atoms with Gasteiger partial charge in [0.15, 0.2) is 0 Å². The van der Waals surface area contributed by atoms with Crippen LogP contribution in [0.4, 0.5) is 5.69 Å². The van der Waals surface area contributed by atoms with Crippen molar-refractivity contribution in [1.82, 2.24) is 10.2 Å². The third kappa shape index (κ3) is 8.35. The monoisotopic (exact) mass is 611 g/mol. The molecule has 0 heterocycles. The van der Waals surface area contributed by atoms with Crippen LogP contribution in [0.15, 0.2) is 114 Å². The summed E-state index contributed by atoms with van der Waals surface area (Å²) in [6.07, 6.45) is 2.01. The maximum atomic E-state index is 14.5. The summed E-state index contributed by atoms with van der Waals surface area (Å²) in [7, 11) is -4.12. The van der Waals surface area contributed by atoms with Crippen molar-refractivity contribution in [2.75, 3.05) is 17.4 Å². The normalized spacial score (nSPS) is 11.9. The SMILES string of the molecule is CCCCNC(=O)[C@H](Cc1ccccc1)N(Cc1ccccc1C)C(=O)CN(c1cccc(C)c1)S(=O)(=O)c1ccccc1. The molecule has 7 nitrogen and oxygen atoms in total. The second-order valence-corrected chi connectivity index (χ2v) is 12.8. The van der Waals surface area contributed by atoms with E-state index in [0.717, 1.165) is 39.4 Å². The lowest BCUT2D eigenvalue weighted by Gasteiger charge is -2.34. The first kappa shape index (κ1) is 32.5. The van der Waals surface area contributed by atoms with E-state index in [1.54, 1.807) is 41.3 Å². The Morgan fingerprint density at radius 3 is 2.14 bits per heavy atom. The molecule has 0 radical (unpaired) electrons. The number of rotatable bonds is 14. The highest BCUT2D eigenvalue weighted by Gasteiger charge is 2.34. The summed E-state index contributed by atoms with van der Waals surface area (Å²) in [5.41, 5.74) is 4.00. The number of amides is 2. The minimum absolute atomic E-state index is 0.0814. The van der Waals surface area contributed by atoms with Gasteiger partial charge in [0, 0.05) is 19.5 Å². The van der Waals surface area contributed by atoms with Crippen molar-refractivity contribution >= 4 is 27.5 Å². The van der Waals surface area contributed by atoms with Crippen LogP contribution < -0.4 is 9.62 Å². The second kappa shape index (κ2) is 15.3. The number of nitrogens with zero attached hydrogens (tertiary/aromatic N) is 2. The number of nitrogens with one attached hydrogen (secondary N) is 1. The zero-order valence-corrected chi connectivity index (χ0v) is 26.5. The highest BCUT2D eigenvalue weighted by Crippen LogP contribution is 2.26. The quantitative estimate of drug-likeness (QED) is 0.176. The minimum Gasteiger partial charge on any atom is -0.354 e. The fourth-order valence-electron chi connectivity index (χ4n) is 5.06. The molecule has 0 saturated carbocycles. The number of unbranched alkanes of at least 4 members (excludes halogenated alkanes) is 1. The van der Waals surface area contributed by atoms with Gasteiger partial charge >= 0.3 is 0 Å². The van der Waals surface area contributed by atoms with Crippen molar-refractivity contribution in [1.29, 1.82) is 0 Å². The molecule has 4 aromatic carbocycles. The van der Waals surface area contributed by atoms with E-state index >= 15 is 0 Å². The molecule has 8 heteroatoms. The predicted molar refractivity (Wildman–Crippen MR) is 176 cm³/mol. The fraction of sp³-hybridized carbons (Fsp3) is 0.278. The molecule has 230 valence electrons. The van der Waals surface area contributed by atoms with Crippen molar-refractivity contribution in [2.45, 2.75) is 57.5 Å². The van der Waals surface area contributed by atoms with Crippen LogP contribution >= 0.6 is 0 Å². The molecule has 4 aromatic rings. The third-order valence-corrected chi connectivity index (χ3v) is 9.39. The van der Waals surface area contributed by atoms with Crippen LogP contribution in [0, 0.1) is 13.8 Å². The van der Waals surface area contributed by atoms with Gasteiger partial charge in [-0.15, -0.1) is 0 Å². The first-order chi connectivity index (χ1) is 21.2. The van der Waals surface area contributed by atoms with Crippen molar-refractivity contribution in [2.24, 2.45) is 0 Å². The number of carbonyl (C=O) groups excluding carboxylic acids is 2. The van der Waals surface area contributed by atoms with Crippen LogP contribution in [0.25, 0.3) is 0 Å². The second-order valence-electron chi connectivity index (χ2n) is 11.0.